The Kier molecular flexibility index (Phi) is 16.2. The quantitative estimate of drug-likeness (QED) is 0.0886. The van der Waals surface area contributed by atoms with Crippen molar-refractivity contribution >= 4 is 11.8 Å². The molecule has 0 amide bonds. The number of aliphatic hydroxyl groups is 11. The van der Waals surface area contributed by atoms with E-state index in [1.54, 1.807) is 0 Å². The Morgan fingerprint density at radius 3 is 1.91 bits per heavy atom. The highest BCUT2D eigenvalue weighted by atomic mass is 16.8. The summed E-state index contributed by atoms with van der Waals surface area (Å²) in [5, 5.41) is 120. The highest BCUT2D eigenvalue weighted by Gasteiger charge is 2.68. The van der Waals surface area contributed by atoms with Crippen LogP contribution >= 0.6 is 0 Å². The molecule has 4 heterocycles. The first-order valence-electron chi connectivity index (χ1n) is 26.8. The van der Waals surface area contributed by atoms with Gasteiger partial charge in [-0.05, 0) is 102 Å². The Morgan fingerprint density at radius 2 is 1.24 bits per heavy atom. The molecule has 0 aromatic carbocycles. The molecule has 6 fully saturated rings. The molecule has 4 aliphatic heterocycles. The molecule has 25 atom stereocenters. The van der Waals surface area contributed by atoms with Gasteiger partial charge in [0.05, 0.1) is 33.0 Å². The minimum atomic E-state index is -2.09. The fraction of sp³-hybridized carbons (Fsp3) is 0.887. The van der Waals surface area contributed by atoms with Crippen molar-refractivity contribution < 1.29 is 108 Å². The second-order valence-electron chi connectivity index (χ2n) is 25.0. The number of esters is 1. The molecule has 11 N–H and O–H groups in total. The summed E-state index contributed by atoms with van der Waals surface area (Å²) in [5.41, 5.74) is 2.17. The molecule has 22 heteroatoms. The van der Waals surface area contributed by atoms with E-state index in [4.69, 9.17) is 42.6 Å². The van der Waals surface area contributed by atoms with Crippen LogP contribution in [-0.4, -0.2) is 218 Å². The highest BCUT2D eigenvalue weighted by Crippen LogP contribution is 2.74. The fourth-order valence-electron chi connectivity index (χ4n) is 15.3. The Balaban J connectivity index is 1.05. The van der Waals surface area contributed by atoms with Gasteiger partial charge in [-0.2, -0.15) is 0 Å². The van der Waals surface area contributed by atoms with E-state index < -0.39 is 154 Å². The molecule has 4 saturated heterocycles. The van der Waals surface area contributed by atoms with Crippen LogP contribution in [0, 0.1) is 38.9 Å². The first-order chi connectivity index (χ1) is 35.2. The lowest BCUT2D eigenvalue weighted by Gasteiger charge is -2.69. The van der Waals surface area contributed by atoms with Crippen molar-refractivity contribution in [2.75, 3.05) is 26.9 Å². The standard InChI is InChI=1S/C53H82O22/c1-49(2)14-11-22-23(17-49)24-9-10-30-51(5)15-13-31(50(3,4)29(51)12-16-52(30,6)53(24,7)18-25(22)56)71-48-43(75-46-38(64)35(61)33(59)27(19-54)69-46)40(39(65)41(73-48)44(66)67-8)72-47-42(36(62)34(60)28(20-55)70-47)74-45-37(63)32(58)26(57)21-68-45/h9,26-43,45-48,54-55,57-65H,10-21H2,1-8H3/t26-,27-,28-,29?,30?,31+,32+,33+,34+,35+,36+,37-,38-,39+,40+,41+,42-,43-,45+,46?,47+,48-,51+,52-,53-/m1/s1. The Hall–Kier alpha value is -2.14. The number of Topliss-reactive ketones (excluding diaryl/α,β-unsaturated/α-hetero) is 1. The molecule has 0 aromatic rings. The summed E-state index contributed by atoms with van der Waals surface area (Å²) in [5.74, 6) is -0.622. The van der Waals surface area contributed by atoms with Gasteiger partial charge in [0.1, 0.15) is 85.5 Å². The normalized spacial score (nSPS) is 50.7. The number of methoxy groups -OCH3 is 1. The molecule has 9 aliphatic rings. The first kappa shape index (κ1) is 57.5. The second kappa shape index (κ2) is 21.1. The van der Waals surface area contributed by atoms with Crippen LogP contribution in [0.5, 0.6) is 0 Å². The first-order valence-corrected chi connectivity index (χ1v) is 26.8. The van der Waals surface area contributed by atoms with Crippen molar-refractivity contribution in [2.24, 2.45) is 38.9 Å². The predicted octanol–water partition coefficient (Wildman–Crippen LogP) is -0.861. The van der Waals surface area contributed by atoms with Crippen molar-refractivity contribution in [3.05, 3.63) is 22.8 Å². The zero-order chi connectivity index (χ0) is 54.6. The van der Waals surface area contributed by atoms with Crippen molar-refractivity contribution in [2.45, 2.75) is 229 Å². The molecule has 9 rings (SSSR count). The number of hydrogen-bond acceptors (Lipinski definition) is 22. The molecule has 3 unspecified atom stereocenters. The van der Waals surface area contributed by atoms with Gasteiger partial charge in [-0.15, -0.1) is 0 Å². The molecular formula is C53H82O22. The summed E-state index contributed by atoms with van der Waals surface area (Å²) in [7, 11) is 1.06. The van der Waals surface area contributed by atoms with E-state index in [9.17, 15) is 65.8 Å². The van der Waals surface area contributed by atoms with Gasteiger partial charge in [-0.3, -0.25) is 4.79 Å². The van der Waals surface area contributed by atoms with Gasteiger partial charge in [-0.1, -0.05) is 54.5 Å². The third-order valence-corrected chi connectivity index (χ3v) is 19.9. The Morgan fingerprint density at radius 1 is 0.627 bits per heavy atom. The van der Waals surface area contributed by atoms with Gasteiger partial charge in [0.25, 0.3) is 0 Å². The second-order valence-corrected chi connectivity index (χ2v) is 25.0. The van der Waals surface area contributed by atoms with E-state index in [0.717, 1.165) is 51.2 Å². The van der Waals surface area contributed by atoms with Gasteiger partial charge in [0.2, 0.25) is 0 Å². The molecule has 0 bridgehead atoms. The number of carbonyl (C=O) groups excluding carboxylic acids is 2. The van der Waals surface area contributed by atoms with Crippen LogP contribution < -0.4 is 0 Å². The summed E-state index contributed by atoms with van der Waals surface area (Å²) in [4.78, 5) is 27.8. The maximum absolute atomic E-state index is 14.2. The summed E-state index contributed by atoms with van der Waals surface area (Å²) in [6.45, 7) is 13.6. The van der Waals surface area contributed by atoms with Gasteiger partial charge < -0.3 is 98.8 Å². The molecule has 5 aliphatic carbocycles. The summed E-state index contributed by atoms with van der Waals surface area (Å²) >= 11 is 0. The number of rotatable bonds is 11. The topological polar surface area (TPSA) is 340 Å². The number of carbonyl (C=O) groups is 2. The van der Waals surface area contributed by atoms with Gasteiger partial charge in [0, 0.05) is 11.8 Å². The Labute approximate surface area is 436 Å². The summed E-state index contributed by atoms with van der Waals surface area (Å²) < 4.78 is 54.3. The average Bonchev–Trinajstić information content (AvgIpc) is 3.42. The van der Waals surface area contributed by atoms with E-state index in [-0.39, 0.29) is 39.3 Å². The number of ketones is 1. The average molecular weight is 1070 g/mol. The van der Waals surface area contributed by atoms with Gasteiger partial charge in [-0.25, -0.2) is 4.79 Å². The number of ether oxygens (including phenoxy) is 9. The molecular weight excluding hydrogens is 989 g/mol. The third-order valence-electron chi connectivity index (χ3n) is 19.9. The van der Waals surface area contributed by atoms with Crippen molar-refractivity contribution in [3.8, 4) is 0 Å². The van der Waals surface area contributed by atoms with E-state index >= 15 is 0 Å². The van der Waals surface area contributed by atoms with E-state index in [1.807, 2.05) is 0 Å². The summed E-state index contributed by atoms with van der Waals surface area (Å²) in [6, 6.07) is 0. The molecule has 22 nitrogen and oxygen atoms in total. The van der Waals surface area contributed by atoms with Gasteiger partial charge >= 0.3 is 5.97 Å². The zero-order valence-corrected chi connectivity index (χ0v) is 44.2. The summed E-state index contributed by atoms with van der Waals surface area (Å²) in [6.07, 6.45) is -26.4. The van der Waals surface area contributed by atoms with Gasteiger partial charge in [0.15, 0.2) is 37.0 Å². The molecule has 0 radical (unpaired) electrons. The van der Waals surface area contributed by atoms with Crippen molar-refractivity contribution in [1.82, 2.24) is 0 Å². The number of fused-ring (bicyclic) bond motifs is 6. The number of aliphatic hydroxyl groups excluding tert-OH is 11. The van der Waals surface area contributed by atoms with Crippen LogP contribution in [0.3, 0.4) is 0 Å². The SMILES string of the molecule is COC(=O)[C@H]1O[C@@H](O[C@H]2CC[C@@]3(C)C(CC[C@]4(C)C3CC=C3C5=C(CCC(C)(C)C5)C(=O)C[C@]34C)C2(C)C)[C@H](OC2O[C@H](CO)[C@H](O)[C@H](O)[C@H]2O)[C@@H](O[C@@H]2O[C@H](CO)[C@H](O)[C@H](O)[C@H]2O[C@@H]2OC[C@@H](O)[C@H](O)[C@H]2O)[C@@H]1O. The molecule has 2 saturated carbocycles. The highest BCUT2D eigenvalue weighted by molar-refractivity contribution is 6.00. The van der Waals surface area contributed by atoms with Crippen LogP contribution in [0.1, 0.15) is 106 Å². The van der Waals surface area contributed by atoms with Crippen LogP contribution in [0.25, 0.3) is 0 Å². The predicted molar refractivity (Wildman–Crippen MR) is 256 cm³/mol. The van der Waals surface area contributed by atoms with Crippen LogP contribution in [0.2, 0.25) is 0 Å². The largest absolute Gasteiger partial charge is 0.467 e. The molecule has 0 aromatic heterocycles. The lowest BCUT2D eigenvalue weighted by Crippen LogP contribution is -2.69. The monoisotopic (exact) mass is 1070 g/mol. The maximum Gasteiger partial charge on any atom is 0.337 e. The minimum Gasteiger partial charge on any atom is -0.467 e. The smallest absolute Gasteiger partial charge is 0.337 e. The van der Waals surface area contributed by atoms with Crippen LogP contribution in [0.15, 0.2) is 22.8 Å². The number of allylic oxidation sites excluding steroid dienone is 4. The fourth-order valence-corrected chi connectivity index (χ4v) is 15.3. The Bertz CT molecular complexity index is 2170. The minimum absolute atomic E-state index is 0.0272. The van der Waals surface area contributed by atoms with Crippen LogP contribution in [0.4, 0.5) is 0 Å². The maximum atomic E-state index is 14.2. The third kappa shape index (κ3) is 9.63. The lowest BCUT2D eigenvalue weighted by atomic mass is 9.35. The molecule has 75 heavy (non-hydrogen) atoms. The van der Waals surface area contributed by atoms with E-state index in [2.05, 4.69) is 54.5 Å². The van der Waals surface area contributed by atoms with E-state index in [0.29, 0.717) is 19.3 Å². The number of hydrogen-bond donors (Lipinski definition) is 11. The zero-order valence-electron chi connectivity index (χ0n) is 44.2. The van der Waals surface area contributed by atoms with Crippen molar-refractivity contribution in [3.63, 3.8) is 0 Å². The lowest BCUT2D eigenvalue weighted by molar-refractivity contribution is -0.405. The van der Waals surface area contributed by atoms with Crippen LogP contribution in [-0.2, 0) is 52.2 Å². The molecule has 0 spiro atoms. The van der Waals surface area contributed by atoms with Crippen molar-refractivity contribution in [1.29, 1.82) is 0 Å². The molecule has 426 valence electrons. The van der Waals surface area contributed by atoms with E-state index in [1.165, 1.54) is 11.1 Å².